The second kappa shape index (κ2) is 8.26. The monoisotopic (exact) mass is 412 g/mol. The number of rotatable bonds is 7. The second-order valence-electron chi connectivity index (χ2n) is 7.96. The zero-order valence-electron chi connectivity index (χ0n) is 17.6. The summed E-state index contributed by atoms with van der Waals surface area (Å²) >= 11 is 0. The van der Waals surface area contributed by atoms with Crippen LogP contribution in [0.25, 0.3) is 11.4 Å². The van der Waals surface area contributed by atoms with Crippen LogP contribution in [0.1, 0.15) is 40.8 Å². The zero-order chi connectivity index (χ0) is 21.2. The van der Waals surface area contributed by atoms with Crippen molar-refractivity contribution in [3.8, 4) is 22.9 Å². The Hall–Kier alpha value is -3.60. The standard InChI is InChI=1S/C26H24N2O3/c1-17-8-10-18(11-9-17)16-30-23-13-12-20(14-24(23)29-2)25-27-26(31-28-25)22-15-21(22)19-6-4-3-5-7-19/h3-14,21-22H,15-16H2,1-2H3/t21-,22+/m0/s1. The van der Waals surface area contributed by atoms with Crippen LogP contribution in [0, 0.1) is 6.92 Å². The summed E-state index contributed by atoms with van der Waals surface area (Å²) in [5.74, 6) is 3.34. The molecule has 1 heterocycles. The minimum absolute atomic E-state index is 0.294. The Balaban J connectivity index is 1.29. The van der Waals surface area contributed by atoms with Crippen molar-refractivity contribution in [1.82, 2.24) is 10.1 Å². The molecule has 5 nitrogen and oxygen atoms in total. The molecule has 1 aliphatic rings. The quantitative estimate of drug-likeness (QED) is 0.378. The molecule has 0 saturated heterocycles. The van der Waals surface area contributed by atoms with Crippen LogP contribution in [0.5, 0.6) is 11.5 Å². The number of aryl methyl sites for hydroxylation is 1. The smallest absolute Gasteiger partial charge is 0.230 e. The van der Waals surface area contributed by atoms with Crippen LogP contribution < -0.4 is 9.47 Å². The molecule has 0 unspecified atom stereocenters. The van der Waals surface area contributed by atoms with E-state index in [1.165, 1.54) is 11.1 Å². The van der Waals surface area contributed by atoms with Crippen LogP contribution >= 0.6 is 0 Å². The summed E-state index contributed by atoms with van der Waals surface area (Å²) in [6.45, 7) is 2.55. The van der Waals surface area contributed by atoms with Gasteiger partial charge in [-0.2, -0.15) is 4.98 Å². The van der Waals surface area contributed by atoms with E-state index in [1.807, 2.05) is 24.3 Å². The van der Waals surface area contributed by atoms with E-state index in [9.17, 15) is 0 Å². The molecule has 31 heavy (non-hydrogen) atoms. The molecule has 1 fully saturated rings. The highest BCUT2D eigenvalue weighted by atomic mass is 16.5. The first-order valence-corrected chi connectivity index (χ1v) is 10.5. The fraction of sp³-hybridized carbons (Fsp3) is 0.231. The van der Waals surface area contributed by atoms with E-state index in [0.717, 1.165) is 17.5 Å². The van der Waals surface area contributed by atoms with Crippen molar-refractivity contribution in [3.05, 3.63) is 95.4 Å². The van der Waals surface area contributed by atoms with Gasteiger partial charge >= 0.3 is 0 Å². The molecule has 1 aromatic heterocycles. The maximum absolute atomic E-state index is 5.97. The molecule has 3 aromatic carbocycles. The maximum Gasteiger partial charge on any atom is 0.230 e. The highest BCUT2D eigenvalue weighted by Gasteiger charge is 2.43. The molecule has 5 heteroatoms. The summed E-state index contributed by atoms with van der Waals surface area (Å²) in [6.07, 6.45) is 1.04. The van der Waals surface area contributed by atoms with Gasteiger partial charge in [-0.05, 0) is 48.6 Å². The molecule has 4 aromatic rings. The molecule has 1 saturated carbocycles. The number of methoxy groups -OCH3 is 1. The first kappa shape index (κ1) is 19.4. The van der Waals surface area contributed by atoms with Gasteiger partial charge in [0.1, 0.15) is 6.61 Å². The number of benzene rings is 3. The van der Waals surface area contributed by atoms with E-state index in [2.05, 4.69) is 65.6 Å². The number of nitrogens with zero attached hydrogens (tertiary/aromatic N) is 2. The van der Waals surface area contributed by atoms with Gasteiger partial charge in [0.05, 0.1) is 7.11 Å². The SMILES string of the molecule is COc1cc(-c2noc([C@@H]3C[C@H]3c3ccccc3)n2)ccc1OCc1ccc(C)cc1. The van der Waals surface area contributed by atoms with Gasteiger partial charge in [-0.25, -0.2) is 0 Å². The molecule has 0 amide bonds. The van der Waals surface area contributed by atoms with Crippen molar-refractivity contribution in [3.63, 3.8) is 0 Å². The Kier molecular flexibility index (Phi) is 5.16. The van der Waals surface area contributed by atoms with E-state index >= 15 is 0 Å². The van der Waals surface area contributed by atoms with Crippen LogP contribution in [-0.2, 0) is 6.61 Å². The van der Waals surface area contributed by atoms with Crippen LogP contribution in [0.3, 0.4) is 0 Å². The summed E-state index contributed by atoms with van der Waals surface area (Å²) in [4.78, 5) is 4.65. The average Bonchev–Trinajstić information content (AvgIpc) is 3.47. The lowest BCUT2D eigenvalue weighted by molar-refractivity contribution is 0.284. The van der Waals surface area contributed by atoms with E-state index in [0.29, 0.717) is 41.7 Å². The fourth-order valence-electron chi connectivity index (χ4n) is 3.81. The van der Waals surface area contributed by atoms with Gasteiger partial charge in [0.15, 0.2) is 11.5 Å². The maximum atomic E-state index is 5.97. The van der Waals surface area contributed by atoms with Crippen LogP contribution in [-0.4, -0.2) is 17.3 Å². The Morgan fingerprint density at radius 3 is 2.52 bits per heavy atom. The average molecular weight is 412 g/mol. The van der Waals surface area contributed by atoms with Gasteiger partial charge in [-0.3, -0.25) is 0 Å². The largest absolute Gasteiger partial charge is 0.493 e. The Labute approximate surface area is 181 Å². The first-order valence-electron chi connectivity index (χ1n) is 10.5. The van der Waals surface area contributed by atoms with Crippen LogP contribution in [0.4, 0.5) is 0 Å². The summed E-state index contributed by atoms with van der Waals surface area (Å²) in [5.41, 5.74) is 4.50. The minimum Gasteiger partial charge on any atom is -0.493 e. The van der Waals surface area contributed by atoms with Gasteiger partial charge in [0.25, 0.3) is 0 Å². The first-order chi connectivity index (χ1) is 15.2. The summed E-state index contributed by atoms with van der Waals surface area (Å²) in [6, 6.07) is 24.5. The lowest BCUT2D eigenvalue weighted by atomic mass is 10.1. The third kappa shape index (κ3) is 4.17. The number of ether oxygens (including phenoxy) is 2. The van der Waals surface area contributed by atoms with E-state index in [-0.39, 0.29) is 0 Å². The fourth-order valence-corrected chi connectivity index (χ4v) is 3.81. The Morgan fingerprint density at radius 1 is 0.935 bits per heavy atom. The normalized spacial score (nSPS) is 17.4. The second-order valence-corrected chi connectivity index (χ2v) is 7.96. The van der Waals surface area contributed by atoms with Crippen molar-refractivity contribution in [1.29, 1.82) is 0 Å². The molecular formula is C26H24N2O3. The molecule has 0 spiro atoms. The van der Waals surface area contributed by atoms with Gasteiger partial charge in [0, 0.05) is 11.5 Å². The van der Waals surface area contributed by atoms with Crippen molar-refractivity contribution >= 4 is 0 Å². The summed E-state index contributed by atoms with van der Waals surface area (Å²) in [5, 5.41) is 4.20. The van der Waals surface area contributed by atoms with Gasteiger partial charge in [-0.15, -0.1) is 0 Å². The molecule has 5 rings (SSSR count). The third-order valence-corrected chi connectivity index (χ3v) is 5.71. The van der Waals surface area contributed by atoms with Crippen molar-refractivity contribution in [2.75, 3.05) is 7.11 Å². The molecule has 2 atom stereocenters. The van der Waals surface area contributed by atoms with E-state index in [4.69, 9.17) is 14.0 Å². The van der Waals surface area contributed by atoms with Crippen LogP contribution in [0.15, 0.2) is 77.3 Å². The molecule has 0 aliphatic heterocycles. The number of hydrogen-bond donors (Lipinski definition) is 0. The van der Waals surface area contributed by atoms with Gasteiger partial charge in [0.2, 0.25) is 11.7 Å². The highest BCUT2D eigenvalue weighted by molar-refractivity contribution is 5.60. The van der Waals surface area contributed by atoms with Gasteiger partial charge < -0.3 is 14.0 Å². The van der Waals surface area contributed by atoms with Crippen molar-refractivity contribution in [2.45, 2.75) is 31.8 Å². The lowest BCUT2D eigenvalue weighted by Crippen LogP contribution is -1.98. The topological polar surface area (TPSA) is 57.4 Å². The Morgan fingerprint density at radius 2 is 1.74 bits per heavy atom. The molecule has 0 radical (unpaired) electrons. The lowest BCUT2D eigenvalue weighted by Gasteiger charge is -2.11. The molecule has 0 N–H and O–H groups in total. The predicted octanol–water partition coefficient (Wildman–Crippen LogP) is 5.90. The van der Waals surface area contributed by atoms with Crippen molar-refractivity contribution < 1.29 is 14.0 Å². The third-order valence-electron chi connectivity index (χ3n) is 5.71. The number of hydrogen-bond acceptors (Lipinski definition) is 5. The minimum atomic E-state index is 0.294. The molecule has 156 valence electrons. The van der Waals surface area contributed by atoms with Gasteiger partial charge in [-0.1, -0.05) is 65.3 Å². The Bertz CT molecular complexity index is 1170. The van der Waals surface area contributed by atoms with Crippen LogP contribution in [0.2, 0.25) is 0 Å². The van der Waals surface area contributed by atoms with E-state index < -0.39 is 0 Å². The summed E-state index contributed by atoms with van der Waals surface area (Å²) < 4.78 is 17.1. The summed E-state index contributed by atoms with van der Waals surface area (Å²) in [7, 11) is 1.63. The van der Waals surface area contributed by atoms with Crippen molar-refractivity contribution in [2.24, 2.45) is 0 Å². The number of aromatic nitrogens is 2. The molecule has 1 aliphatic carbocycles. The zero-order valence-corrected chi connectivity index (χ0v) is 17.6. The highest BCUT2D eigenvalue weighted by Crippen LogP contribution is 2.54. The van der Waals surface area contributed by atoms with E-state index in [1.54, 1.807) is 7.11 Å². The predicted molar refractivity (Wildman–Crippen MR) is 118 cm³/mol. The molecule has 0 bridgehead atoms. The molecular weight excluding hydrogens is 388 g/mol.